The maximum absolute atomic E-state index is 12.0. The van der Waals surface area contributed by atoms with Gasteiger partial charge in [-0.3, -0.25) is 9.69 Å². The molecule has 0 aliphatic carbocycles. The van der Waals surface area contributed by atoms with Gasteiger partial charge in [-0.05, 0) is 19.4 Å². The zero-order valence-corrected chi connectivity index (χ0v) is 11.1. The molecule has 0 aromatic heterocycles. The molecule has 2 fully saturated rings. The van der Waals surface area contributed by atoms with Crippen LogP contribution in [-0.2, 0) is 4.79 Å². The summed E-state index contributed by atoms with van der Waals surface area (Å²) in [6.45, 7) is 8.80. The van der Waals surface area contributed by atoms with E-state index < -0.39 is 0 Å². The lowest BCUT2D eigenvalue weighted by molar-refractivity contribution is -0.133. The SMILES string of the molecule is CC(C)NCC(=O)N1CCN2CCCCC2C1. The van der Waals surface area contributed by atoms with E-state index in [4.69, 9.17) is 0 Å². The van der Waals surface area contributed by atoms with E-state index >= 15 is 0 Å². The molecule has 98 valence electrons. The Bertz CT molecular complexity index is 267. The Labute approximate surface area is 104 Å². The van der Waals surface area contributed by atoms with Crippen LogP contribution >= 0.6 is 0 Å². The molecule has 0 spiro atoms. The molecule has 17 heavy (non-hydrogen) atoms. The molecule has 0 radical (unpaired) electrons. The van der Waals surface area contributed by atoms with Crippen LogP contribution in [0.1, 0.15) is 33.1 Å². The second-order valence-electron chi connectivity index (χ2n) is 5.56. The van der Waals surface area contributed by atoms with Crippen LogP contribution in [-0.4, -0.2) is 60.5 Å². The van der Waals surface area contributed by atoms with Gasteiger partial charge in [-0.25, -0.2) is 0 Å². The standard InChI is InChI=1S/C13H25N3O/c1-11(2)14-9-13(17)16-8-7-15-6-4-3-5-12(15)10-16/h11-12,14H,3-10H2,1-2H3. The van der Waals surface area contributed by atoms with Crippen molar-refractivity contribution in [1.29, 1.82) is 0 Å². The number of nitrogens with zero attached hydrogens (tertiary/aromatic N) is 2. The molecule has 1 atom stereocenters. The van der Waals surface area contributed by atoms with E-state index in [1.807, 2.05) is 4.90 Å². The smallest absolute Gasteiger partial charge is 0.236 e. The van der Waals surface area contributed by atoms with E-state index in [2.05, 4.69) is 24.1 Å². The average Bonchev–Trinajstić information content (AvgIpc) is 2.35. The summed E-state index contributed by atoms with van der Waals surface area (Å²) < 4.78 is 0. The zero-order valence-electron chi connectivity index (χ0n) is 11.1. The number of rotatable bonds is 3. The molecule has 2 aliphatic heterocycles. The summed E-state index contributed by atoms with van der Waals surface area (Å²) in [6, 6.07) is 1.01. The first-order valence-electron chi connectivity index (χ1n) is 6.92. The van der Waals surface area contributed by atoms with Gasteiger partial charge in [0.15, 0.2) is 0 Å². The van der Waals surface area contributed by atoms with Gasteiger partial charge in [-0.1, -0.05) is 20.3 Å². The number of nitrogens with one attached hydrogen (secondary N) is 1. The number of piperazine rings is 1. The molecular weight excluding hydrogens is 214 g/mol. The third kappa shape index (κ3) is 3.42. The Morgan fingerprint density at radius 3 is 2.88 bits per heavy atom. The molecule has 0 bridgehead atoms. The largest absolute Gasteiger partial charge is 0.339 e. The zero-order chi connectivity index (χ0) is 12.3. The highest BCUT2D eigenvalue weighted by Gasteiger charge is 2.30. The summed E-state index contributed by atoms with van der Waals surface area (Å²) in [5, 5.41) is 3.21. The van der Waals surface area contributed by atoms with Crippen molar-refractivity contribution in [2.75, 3.05) is 32.7 Å². The molecule has 1 amide bonds. The van der Waals surface area contributed by atoms with Crippen LogP contribution in [0.25, 0.3) is 0 Å². The van der Waals surface area contributed by atoms with Crippen molar-refractivity contribution in [3.05, 3.63) is 0 Å². The highest BCUT2D eigenvalue weighted by atomic mass is 16.2. The van der Waals surface area contributed by atoms with Crippen LogP contribution in [0.15, 0.2) is 0 Å². The van der Waals surface area contributed by atoms with Crippen molar-refractivity contribution >= 4 is 5.91 Å². The first-order chi connectivity index (χ1) is 8.16. The summed E-state index contributed by atoms with van der Waals surface area (Å²) in [4.78, 5) is 16.6. The number of hydrogen-bond donors (Lipinski definition) is 1. The maximum atomic E-state index is 12.0. The van der Waals surface area contributed by atoms with E-state index in [0.29, 0.717) is 18.6 Å². The van der Waals surface area contributed by atoms with Crippen LogP contribution in [0.4, 0.5) is 0 Å². The summed E-state index contributed by atoms with van der Waals surface area (Å²) in [7, 11) is 0. The van der Waals surface area contributed by atoms with E-state index in [9.17, 15) is 4.79 Å². The van der Waals surface area contributed by atoms with Crippen LogP contribution in [0.2, 0.25) is 0 Å². The summed E-state index contributed by atoms with van der Waals surface area (Å²) in [6.07, 6.45) is 3.92. The highest BCUT2D eigenvalue weighted by Crippen LogP contribution is 2.20. The van der Waals surface area contributed by atoms with Gasteiger partial charge >= 0.3 is 0 Å². The van der Waals surface area contributed by atoms with Gasteiger partial charge in [-0.2, -0.15) is 0 Å². The lowest BCUT2D eigenvalue weighted by Gasteiger charge is -2.44. The molecule has 2 saturated heterocycles. The highest BCUT2D eigenvalue weighted by molar-refractivity contribution is 5.78. The van der Waals surface area contributed by atoms with Gasteiger partial charge in [-0.15, -0.1) is 0 Å². The van der Waals surface area contributed by atoms with E-state index in [0.717, 1.165) is 19.6 Å². The summed E-state index contributed by atoms with van der Waals surface area (Å²) >= 11 is 0. The van der Waals surface area contributed by atoms with E-state index in [1.54, 1.807) is 0 Å². The fourth-order valence-corrected chi connectivity index (χ4v) is 2.79. The van der Waals surface area contributed by atoms with Crippen LogP contribution < -0.4 is 5.32 Å². The molecule has 0 saturated carbocycles. The topological polar surface area (TPSA) is 35.6 Å². The quantitative estimate of drug-likeness (QED) is 0.787. The first kappa shape index (κ1) is 12.8. The third-order valence-corrected chi connectivity index (χ3v) is 3.85. The normalized spacial score (nSPS) is 26.1. The second-order valence-corrected chi connectivity index (χ2v) is 5.56. The van der Waals surface area contributed by atoms with Crippen LogP contribution in [0.5, 0.6) is 0 Å². The van der Waals surface area contributed by atoms with Crippen molar-refractivity contribution in [3.63, 3.8) is 0 Å². The number of fused-ring (bicyclic) bond motifs is 1. The maximum Gasteiger partial charge on any atom is 0.236 e. The van der Waals surface area contributed by atoms with Gasteiger partial charge in [0.25, 0.3) is 0 Å². The second kappa shape index (κ2) is 5.83. The molecule has 0 aromatic rings. The molecule has 1 N–H and O–H groups in total. The number of hydrogen-bond acceptors (Lipinski definition) is 3. The predicted molar refractivity (Wildman–Crippen MR) is 68.9 cm³/mol. The summed E-state index contributed by atoms with van der Waals surface area (Å²) in [5.41, 5.74) is 0. The van der Waals surface area contributed by atoms with Crippen molar-refractivity contribution in [2.45, 2.75) is 45.2 Å². The summed E-state index contributed by atoms with van der Waals surface area (Å²) in [5.74, 6) is 0.268. The minimum atomic E-state index is 0.268. The number of carbonyl (C=O) groups is 1. The molecule has 4 heteroatoms. The van der Waals surface area contributed by atoms with Gasteiger partial charge in [0, 0.05) is 31.7 Å². The Morgan fingerprint density at radius 2 is 2.12 bits per heavy atom. The van der Waals surface area contributed by atoms with Crippen molar-refractivity contribution < 1.29 is 4.79 Å². The molecule has 0 aromatic carbocycles. The first-order valence-corrected chi connectivity index (χ1v) is 6.92. The molecule has 2 aliphatic rings. The van der Waals surface area contributed by atoms with E-state index in [1.165, 1.54) is 25.8 Å². The molecule has 4 nitrogen and oxygen atoms in total. The lowest BCUT2D eigenvalue weighted by Crippen LogP contribution is -2.57. The predicted octanol–water partition coefficient (Wildman–Crippen LogP) is 0.681. The Morgan fingerprint density at radius 1 is 1.29 bits per heavy atom. The molecule has 1 unspecified atom stereocenters. The molecule has 2 heterocycles. The Balaban J connectivity index is 1.80. The van der Waals surface area contributed by atoms with Gasteiger partial charge < -0.3 is 10.2 Å². The van der Waals surface area contributed by atoms with Crippen molar-refractivity contribution in [3.8, 4) is 0 Å². The Hall–Kier alpha value is -0.610. The van der Waals surface area contributed by atoms with Crippen LogP contribution in [0, 0.1) is 0 Å². The van der Waals surface area contributed by atoms with Crippen molar-refractivity contribution in [1.82, 2.24) is 15.1 Å². The minimum absolute atomic E-state index is 0.268. The Kier molecular flexibility index (Phi) is 4.40. The number of carbonyl (C=O) groups excluding carboxylic acids is 1. The third-order valence-electron chi connectivity index (χ3n) is 3.85. The van der Waals surface area contributed by atoms with E-state index in [-0.39, 0.29) is 5.91 Å². The van der Waals surface area contributed by atoms with Gasteiger partial charge in [0.2, 0.25) is 5.91 Å². The fourth-order valence-electron chi connectivity index (χ4n) is 2.79. The van der Waals surface area contributed by atoms with Crippen LogP contribution in [0.3, 0.4) is 0 Å². The van der Waals surface area contributed by atoms with Gasteiger partial charge in [0.05, 0.1) is 6.54 Å². The number of piperidine rings is 1. The van der Waals surface area contributed by atoms with Crippen molar-refractivity contribution in [2.24, 2.45) is 0 Å². The fraction of sp³-hybridized carbons (Fsp3) is 0.923. The minimum Gasteiger partial charge on any atom is -0.339 e. The van der Waals surface area contributed by atoms with Gasteiger partial charge in [0.1, 0.15) is 0 Å². The average molecular weight is 239 g/mol. The molecular formula is C13H25N3O. The number of amides is 1. The molecule has 2 rings (SSSR count). The monoisotopic (exact) mass is 239 g/mol. The lowest BCUT2D eigenvalue weighted by atomic mass is 9.99.